The Kier molecular flexibility index (Phi) is 2.14. The molecule has 2 unspecified atom stereocenters. The second-order valence-electron chi connectivity index (χ2n) is 3.33. The lowest BCUT2D eigenvalue weighted by molar-refractivity contribution is -0.146. The number of aromatic nitrogens is 2. The number of amides is 1. The van der Waals surface area contributed by atoms with Crippen molar-refractivity contribution in [3.05, 3.63) is 11.8 Å². The maximum Gasteiger partial charge on any atom is 0.316 e. The molecule has 0 spiro atoms. The van der Waals surface area contributed by atoms with Gasteiger partial charge in [0.2, 0.25) is 17.7 Å². The van der Waals surface area contributed by atoms with Gasteiger partial charge in [0, 0.05) is 13.5 Å². The predicted molar refractivity (Wildman–Crippen MR) is 45.9 cm³/mol. The van der Waals surface area contributed by atoms with Crippen molar-refractivity contribution >= 4 is 11.9 Å². The third kappa shape index (κ3) is 1.56. The number of nitrogens with one attached hydrogen (secondary N) is 1. The summed E-state index contributed by atoms with van der Waals surface area (Å²) >= 11 is 0. The van der Waals surface area contributed by atoms with Crippen LogP contribution in [0.2, 0.25) is 0 Å². The Bertz CT molecular complexity index is 414. The number of carbonyl (C=O) groups is 2. The third-order valence-electron chi connectivity index (χ3n) is 2.31. The maximum absolute atomic E-state index is 11.2. The van der Waals surface area contributed by atoms with E-state index in [0.29, 0.717) is 5.89 Å². The molecule has 1 aliphatic rings. The van der Waals surface area contributed by atoms with Crippen LogP contribution in [0.4, 0.5) is 0 Å². The van der Waals surface area contributed by atoms with Gasteiger partial charge >= 0.3 is 5.97 Å². The van der Waals surface area contributed by atoms with E-state index in [2.05, 4.69) is 15.5 Å². The van der Waals surface area contributed by atoms with Crippen LogP contribution in [-0.2, 0) is 9.59 Å². The summed E-state index contributed by atoms with van der Waals surface area (Å²) in [5, 5.41) is 18.7. The fraction of sp³-hybridized carbons (Fsp3) is 0.500. The topological polar surface area (TPSA) is 105 Å². The molecule has 0 radical (unpaired) electrons. The van der Waals surface area contributed by atoms with Gasteiger partial charge < -0.3 is 14.8 Å². The first-order valence-electron chi connectivity index (χ1n) is 4.40. The lowest BCUT2D eigenvalue weighted by atomic mass is 9.96. The van der Waals surface area contributed by atoms with E-state index in [1.807, 2.05) is 0 Å². The van der Waals surface area contributed by atoms with Crippen molar-refractivity contribution in [3.8, 4) is 0 Å². The first-order valence-corrected chi connectivity index (χ1v) is 4.40. The van der Waals surface area contributed by atoms with E-state index in [4.69, 9.17) is 9.52 Å². The Morgan fingerprint density at radius 3 is 2.87 bits per heavy atom. The number of rotatable bonds is 2. The highest BCUT2D eigenvalue weighted by Gasteiger charge is 2.43. The lowest BCUT2D eigenvalue weighted by Gasteiger charge is -2.07. The molecule has 2 rings (SSSR count). The molecule has 1 saturated heterocycles. The van der Waals surface area contributed by atoms with E-state index in [9.17, 15) is 9.59 Å². The number of carboxylic acids is 1. The van der Waals surface area contributed by atoms with Crippen LogP contribution in [-0.4, -0.2) is 33.7 Å². The predicted octanol–water partition coefficient (Wildman–Crippen LogP) is -0.708. The second-order valence-corrected chi connectivity index (χ2v) is 3.33. The molecule has 1 fully saturated rings. The lowest BCUT2D eigenvalue weighted by Crippen LogP contribution is -2.26. The van der Waals surface area contributed by atoms with Gasteiger partial charge in [-0.25, -0.2) is 0 Å². The average molecular weight is 211 g/mol. The summed E-state index contributed by atoms with van der Waals surface area (Å²) in [6, 6.07) is 0. The second kappa shape index (κ2) is 3.34. The van der Waals surface area contributed by atoms with Gasteiger partial charge in [-0.15, -0.1) is 10.2 Å². The molecule has 0 bridgehead atoms. The van der Waals surface area contributed by atoms with E-state index in [-0.39, 0.29) is 12.4 Å². The van der Waals surface area contributed by atoms with Crippen LogP contribution in [0, 0.1) is 12.8 Å². The molecule has 0 aliphatic carbocycles. The van der Waals surface area contributed by atoms with E-state index < -0.39 is 23.7 Å². The van der Waals surface area contributed by atoms with Crippen LogP contribution in [0.3, 0.4) is 0 Å². The molecule has 0 aromatic carbocycles. The molecular formula is C8H9N3O4. The van der Waals surface area contributed by atoms with Gasteiger partial charge in [-0.3, -0.25) is 9.59 Å². The Labute approximate surface area is 84.5 Å². The molecule has 7 nitrogen and oxygen atoms in total. The van der Waals surface area contributed by atoms with Gasteiger partial charge in [0.05, 0.1) is 5.92 Å². The largest absolute Gasteiger partial charge is 0.481 e. The van der Waals surface area contributed by atoms with Crippen molar-refractivity contribution < 1.29 is 19.1 Å². The number of carbonyl (C=O) groups excluding carboxylic acids is 1. The summed E-state index contributed by atoms with van der Waals surface area (Å²) in [5.41, 5.74) is 0. The zero-order valence-corrected chi connectivity index (χ0v) is 7.93. The van der Waals surface area contributed by atoms with Crippen LogP contribution in [0.5, 0.6) is 0 Å². The molecular weight excluding hydrogens is 202 g/mol. The highest BCUT2D eigenvalue weighted by atomic mass is 16.4. The van der Waals surface area contributed by atoms with E-state index >= 15 is 0 Å². The maximum atomic E-state index is 11.2. The van der Waals surface area contributed by atoms with Gasteiger partial charge in [0.25, 0.3) is 0 Å². The van der Waals surface area contributed by atoms with Crippen LogP contribution in [0.1, 0.15) is 17.7 Å². The zero-order chi connectivity index (χ0) is 11.0. The molecule has 2 heterocycles. The molecule has 1 aromatic heterocycles. The van der Waals surface area contributed by atoms with E-state index in [0.717, 1.165) is 0 Å². The molecule has 2 atom stereocenters. The van der Waals surface area contributed by atoms with Gasteiger partial charge in [-0.05, 0) is 0 Å². The standard InChI is InChI=1S/C8H9N3O4/c1-3-10-11-7(15-3)4-2-9-6(12)5(4)8(13)14/h4-5H,2H2,1H3,(H,9,12)(H,13,14). The van der Waals surface area contributed by atoms with Crippen LogP contribution >= 0.6 is 0 Å². The van der Waals surface area contributed by atoms with Crippen molar-refractivity contribution in [1.29, 1.82) is 0 Å². The Hall–Kier alpha value is -1.92. The third-order valence-corrected chi connectivity index (χ3v) is 2.31. The number of aliphatic carboxylic acids is 1. The summed E-state index contributed by atoms with van der Waals surface area (Å²) in [4.78, 5) is 22.1. The number of hydrogen-bond donors (Lipinski definition) is 2. The minimum absolute atomic E-state index is 0.193. The summed E-state index contributed by atoms with van der Waals surface area (Å²) in [5.74, 6) is -2.85. The highest BCUT2D eigenvalue weighted by molar-refractivity contribution is 5.99. The smallest absolute Gasteiger partial charge is 0.316 e. The fourth-order valence-corrected chi connectivity index (χ4v) is 1.60. The molecule has 7 heteroatoms. The summed E-state index contributed by atoms with van der Waals surface area (Å²) in [7, 11) is 0. The van der Waals surface area contributed by atoms with Crippen molar-refractivity contribution in [3.63, 3.8) is 0 Å². The molecule has 2 N–H and O–H groups in total. The van der Waals surface area contributed by atoms with Crippen LogP contribution < -0.4 is 5.32 Å². The molecule has 1 aromatic rings. The molecule has 15 heavy (non-hydrogen) atoms. The minimum Gasteiger partial charge on any atom is -0.481 e. The number of nitrogens with zero attached hydrogens (tertiary/aromatic N) is 2. The van der Waals surface area contributed by atoms with Crippen molar-refractivity contribution in [1.82, 2.24) is 15.5 Å². The van der Waals surface area contributed by atoms with Crippen molar-refractivity contribution in [2.24, 2.45) is 5.92 Å². The molecule has 0 saturated carbocycles. The highest BCUT2D eigenvalue weighted by Crippen LogP contribution is 2.27. The molecule has 1 aliphatic heterocycles. The molecule has 80 valence electrons. The van der Waals surface area contributed by atoms with Crippen LogP contribution in [0.15, 0.2) is 4.42 Å². The number of aryl methyl sites for hydroxylation is 1. The van der Waals surface area contributed by atoms with Crippen molar-refractivity contribution in [2.45, 2.75) is 12.8 Å². The Morgan fingerprint density at radius 2 is 2.33 bits per heavy atom. The van der Waals surface area contributed by atoms with E-state index in [1.54, 1.807) is 6.92 Å². The first kappa shape index (κ1) is 9.63. The fourth-order valence-electron chi connectivity index (χ4n) is 1.60. The van der Waals surface area contributed by atoms with Crippen molar-refractivity contribution in [2.75, 3.05) is 6.54 Å². The number of carboxylic acid groups (broad SMARTS) is 1. The minimum atomic E-state index is -1.18. The summed E-state index contributed by atoms with van der Waals surface area (Å²) < 4.78 is 5.12. The molecule has 1 amide bonds. The first-order chi connectivity index (χ1) is 7.09. The van der Waals surface area contributed by atoms with Gasteiger partial charge in [-0.2, -0.15) is 0 Å². The van der Waals surface area contributed by atoms with Gasteiger partial charge in [0.1, 0.15) is 5.92 Å². The monoisotopic (exact) mass is 211 g/mol. The zero-order valence-electron chi connectivity index (χ0n) is 7.93. The normalized spacial score (nSPS) is 25.3. The van der Waals surface area contributed by atoms with Crippen LogP contribution in [0.25, 0.3) is 0 Å². The van der Waals surface area contributed by atoms with Gasteiger partial charge in [0.15, 0.2) is 0 Å². The SMILES string of the molecule is Cc1nnc(C2CNC(=O)C2C(=O)O)o1. The summed E-state index contributed by atoms with van der Waals surface area (Å²) in [6.07, 6.45) is 0. The summed E-state index contributed by atoms with van der Waals surface area (Å²) in [6.45, 7) is 1.83. The quantitative estimate of drug-likeness (QED) is 0.626. The number of hydrogen-bond acceptors (Lipinski definition) is 5. The van der Waals surface area contributed by atoms with E-state index in [1.165, 1.54) is 0 Å². The Balaban J connectivity index is 2.29. The average Bonchev–Trinajstić information content (AvgIpc) is 2.71. The van der Waals surface area contributed by atoms with Gasteiger partial charge in [-0.1, -0.05) is 0 Å². The Morgan fingerprint density at radius 1 is 1.60 bits per heavy atom.